The second-order valence-electron chi connectivity index (χ2n) is 12.7. The second-order valence-corrected chi connectivity index (χ2v) is 13.8. The van der Waals surface area contributed by atoms with Gasteiger partial charge in [-0.15, -0.1) is 11.3 Å². The number of alkyl halides is 5. The van der Waals surface area contributed by atoms with Crippen LogP contribution in [0, 0.1) is 23.1 Å². The van der Waals surface area contributed by atoms with Crippen molar-refractivity contribution >= 4 is 43.1 Å². The van der Waals surface area contributed by atoms with E-state index in [0.29, 0.717) is 23.7 Å². The number of aromatic nitrogens is 2. The summed E-state index contributed by atoms with van der Waals surface area (Å²) in [5.41, 5.74) is 0.776. The minimum absolute atomic E-state index is 0.00325. The van der Waals surface area contributed by atoms with Crippen molar-refractivity contribution in [1.29, 1.82) is 5.26 Å². The predicted octanol–water partition coefficient (Wildman–Crippen LogP) is 5.49. The first-order valence-electron chi connectivity index (χ1n) is 15.5. The smallest absolute Gasteiger partial charge is 0.404 e. The molecule has 49 heavy (non-hydrogen) atoms. The van der Waals surface area contributed by atoms with E-state index in [0.717, 1.165) is 16.2 Å². The zero-order valence-electron chi connectivity index (χ0n) is 25.9. The molecule has 0 bridgehead atoms. The molecule has 260 valence electrons. The third-order valence-corrected chi connectivity index (χ3v) is 10.6. The number of hydrogen-bond acceptors (Lipinski definition) is 11. The van der Waals surface area contributed by atoms with Crippen molar-refractivity contribution in [2.24, 2.45) is 5.92 Å². The number of nitrogens with two attached hydrogens (primary N) is 1. The Morgan fingerprint density at radius 3 is 2.71 bits per heavy atom. The Hall–Kier alpha value is -3.95. The van der Waals surface area contributed by atoms with Crippen molar-refractivity contribution in [3.8, 4) is 23.2 Å². The Kier molecular flexibility index (Phi) is 8.10. The number of nitrogens with zero attached hydrogens (tertiary/aromatic N) is 5. The SMILES string of the molecule is CC1COCCN(c2nc(OC(O)(O)[C@@]34CCCN3CC(F)C4)nc3c(F)c(-c4cccc5sc(N)c(C#N)c45)c(C(F)(F)F)cc23)[C@H]1F. The van der Waals surface area contributed by atoms with Gasteiger partial charge in [0.25, 0.3) is 0 Å². The van der Waals surface area contributed by atoms with E-state index >= 15 is 8.78 Å². The van der Waals surface area contributed by atoms with Crippen LogP contribution in [0.15, 0.2) is 24.3 Å². The van der Waals surface area contributed by atoms with Crippen molar-refractivity contribution in [2.45, 2.75) is 56.3 Å². The van der Waals surface area contributed by atoms with E-state index in [9.17, 15) is 33.0 Å². The number of halogens is 6. The zero-order chi connectivity index (χ0) is 35.0. The average Bonchev–Trinajstić information content (AvgIpc) is 3.66. The lowest BCUT2D eigenvalue weighted by molar-refractivity contribution is -0.349. The van der Waals surface area contributed by atoms with Crippen molar-refractivity contribution in [3.63, 3.8) is 0 Å². The Bertz CT molecular complexity index is 2000. The summed E-state index contributed by atoms with van der Waals surface area (Å²) in [5.74, 6) is -5.95. The van der Waals surface area contributed by atoms with Gasteiger partial charge in [-0.3, -0.25) is 4.90 Å². The van der Waals surface area contributed by atoms with Gasteiger partial charge in [-0.05, 0) is 37.1 Å². The van der Waals surface area contributed by atoms with Gasteiger partial charge in [0.1, 0.15) is 34.1 Å². The summed E-state index contributed by atoms with van der Waals surface area (Å²) >= 11 is 0.946. The van der Waals surface area contributed by atoms with Gasteiger partial charge < -0.3 is 30.3 Å². The number of aliphatic hydroxyl groups is 2. The molecule has 2 unspecified atom stereocenters. The summed E-state index contributed by atoms with van der Waals surface area (Å²) < 4.78 is 104. The molecule has 3 saturated heterocycles. The van der Waals surface area contributed by atoms with Crippen LogP contribution in [0.2, 0.25) is 0 Å². The standard InChI is InChI=1S/C32H30F6N6O4S/c1-15-14-47-9-8-44(26(15)35)28-18-10-20(31(36,37)38)23(17-4-2-5-21-22(17)19(12-39)27(40)49-21)24(34)25(18)41-29(42-28)48-32(45,46)30-6-3-7-43(30)13-16(33)11-30/h2,4-5,10,15-16,26,45-46H,3,6-9,11,13-14,40H2,1H3/t15?,16?,26-,30+/m1/s1. The van der Waals surface area contributed by atoms with Gasteiger partial charge in [-0.25, -0.2) is 13.2 Å². The van der Waals surface area contributed by atoms with E-state index in [1.165, 1.54) is 30.0 Å². The lowest BCUT2D eigenvalue weighted by Crippen LogP contribution is -2.62. The summed E-state index contributed by atoms with van der Waals surface area (Å²) in [6, 6.07) is 5.73. The predicted molar refractivity (Wildman–Crippen MR) is 168 cm³/mol. The summed E-state index contributed by atoms with van der Waals surface area (Å²) in [5, 5.41) is 32.0. The van der Waals surface area contributed by atoms with Crippen LogP contribution in [0.3, 0.4) is 0 Å². The number of rotatable bonds is 5. The van der Waals surface area contributed by atoms with Gasteiger partial charge >= 0.3 is 18.2 Å². The molecule has 0 amide bonds. The summed E-state index contributed by atoms with van der Waals surface area (Å²) in [7, 11) is 0. The number of benzene rings is 2. The first-order valence-corrected chi connectivity index (χ1v) is 16.3. The average molecular weight is 709 g/mol. The topological polar surface area (TPSA) is 141 Å². The molecule has 0 aliphatic carbocycles. The van der Waals surface area contributed by atoms with Crippen LogP contribution in [-0.2, 0) is 10.9 Å². The van der Waals surface area contributed by atoms with Gasteiger partial charge in [-0.1, -0.05) is 19.1 Å². The fraction of sp³-hybridized carbons (Fsp3) is 0.469. The van der Waals surface area contributed by atoms with Crippen molar-refractivity contribution in [2.75, 3.05) is 43.5 Å². The zero-order valence-corrected chi connectivity index (χ0v) is 26.7. The van der Waals surface area contributed by atoms with E-state index in [1.54, 1.807) is 0 Å². The molecule has 3 aliphatic rings. The molecule has 10 nitrogen and oxygen atoms in total. The Morgan fingerprint density at radius 2 is 1.98 bits per heavy atom. The minimum atomic E-state index is -5.17. The van der Waals surface area contributed by atoms with Crippen molar-refractivity contribution in [1.82, 2.24) is 14.9 Å². The van der Waals surface area contributed by atoms with Crippen LogP contribution in [-0.4, -0.2) is 81.9 Å². The highest BCUT2D eigenvalue weighted by Crippen LogP contribution is 2.49. The minimum Gasteiger partial charge on any atom is -0.404 e. The van der Waals surface area contributed by atoms with Crippen LogP contribution < -0.4 is 15.4 Å². The van der Waals surface area contributed by atoms with E-state index < -0.39 is 75.7 Å². The highest BCUT2D eigenvalue weighted by atomic mass is 32.1. The maximum Gasteiger partial charge on any atom is 0.417 e. The van der Waals surface area contributed by atoms with Crippen molar-refractivity contribution < 1.29 is 46.0 Å². The van der Waals surface area contributed by atoms with Crippen LogP contribution in [0.25, 0.3) is 32.1 Å². The highest BCUT2D eigenvalue weighted by molar-refractivity contribution is 7.23. The molecule has 2 aromatic carbocycles. The monoisotopic (exact) mass is 708 g/mol. The first-order chi connectivity index (χ1) is 23.2. The largest absolute Gasteiger partial charge is 0.417 e. The molecule has 3 fully saturated rings. The molecule has 0 spiro atoms. The van der Waals surface area contributed by atoms with E-state index in [4.69, 9.17) is 15.2 Å². The quantitative estimate of drug-likeness (QED) is 0.139. The number of fused-ring (bicyclic) bond motifs is 3. The highest BCUT2D eigenvalue weighted by Gasteiger charge is 2.63. The Labute approximate surface area is 279 Å². The van der Waals surface area contributed by atoms with Gasteiger partial charge in [0.2, 0.25) is 0 Å². The molecule has 17 heteroatoms. The second kappa shape index (κ2) is 11.8. The van der Waals surface area contributed by atoms with Crippen LogP contribution in [0.1, 0.15) is 37.3 Å². The lowest BCUT2D eigenvalue weighted by Gasteiger charge is -2.41. The third-order valence-electron chi connectivity index (χ3n) is 9.66. The summed E-state index contributed by atoms with van der Waals surface area (Å²) in [6.07, 6.45) is -8.15. The lowest BCUT2D eigenvalue weighted by atomic mass is 9.90. The molecule has 0 saturated carbocycles. The number of hydrogen-bond donors (Lipinski definition) is 3. The number of thiophene rings is 1. The molecular weight excluding hydrogens is 678 g/mol. The molecule has 3 aliphatic heterocycles. The molecule has 5 heterocycles. The Morgan fingerprint density at radius 1 is 1.20 bits per heavy atom. The summed E-state index contributed by atoms with van der Waals surface area (Å²) in [6.45, 7) is 1.46. The van der Waals surface area contributed by atoms with Crippen LogP contribution >= 0.6 is 11.3 Å². The van der Waals surface area contributed by atoms with Gasteiger partial charge in [0, 0.05) is 46.5 Å². The fourth-order valence-corrected chi connectivity index (χ4v) is 8.37. The Balaban J connectivity index is 1.50. The van der Waals surface area contributed by atoms with Gasteiger partial charge in [0.15, 0.2) is 12.1 Å². The maximum absolute atomic E-state index is 17.0. The molecule has 4 N–H and O–H groups in total. The van der Waals surface area contributed by atoms with Gasteiger partial charge in [0.05, 0.1) is 24.3 Å². The molecule has 0 radical (unpaired) electrons. The fourth-order valence-electron chi connectivity index (χ4n) is 7.42. The number of ether oxygens (including phenoxy) is 2. The third kappa shape index (κ3) is 5.32. The molecule has 4 aromatic rings. The van der Waals surface area contributed by atoms with Gasteiger partial charge in [-0.2, -0.15) is 28.4 Å². The number of anilines is 2. The van der Waals surface area contributed by atoms with Crippen molar-refractivity contribution in [3.05, 3.63) is 41.2 Å². The molecular formula is C32H30F6N6O4S. The number of nitriles is 1. The maximum atomic E-state index is 17.0. The molecule has 2 aromatic heterocycles. The number of nitrogen functional groups attached to an aromatic ring is 1. The first kappa shape index (κ1) is 33.5. The normalized spacial score (nSPS) is 25.1. The summed E-state index contributed by atoms with van der Waals surface area (Å²) in [4.78, 5) is 10.7. The van der Waals surface area contributed by atoms with E-state index in [-0.39, 0.29) is 60.7 Å². The van der Waals surface area contributed by atoms with E-state index in [2.05, 4.69) is 9.97 Å². The van der Waals surface area contributed by atoms with Crippen LogP contribution in [0.5, 0.6) is 6.01 Å². The van der Waals surface area contributed by atoms with E-state index in [1.807, 2.05) is 6.07 Å². The molecule has 4 atom stereocenters. The van der Waals surface area contributed by atoms with Crippen LogP contribution in [0.4, 0.5) is 37.2 Å². The molecule has 7 rings (SSSR count).